The van der Waals surface area contributed by atoms with Gasteiger partial charge in [-0.3, -0.25) is 9.78 Å². The molecule has 1 aliphatic heterocycles. The molecule has 1 aliphatic rings. The number of nitrogens with zero attached hydrogens (tertiary/aromatic N) is 2. The SMILES string of the molecule is COC(=O)C1=C(Cl)C(NC(C)=O)(C(F)F)C(Cl)C(c2ccc(Cl)cn2)=N1. The summed E-state index contributed by atoms with van der Waals surface area (Å²) in [5, 5.41) is -0.000631. The van der Waals surface area contributed by atoms with Gasteiger partial charge in [0.05, 0.1) is 28.6 Å². The summed E-state index contributed by atoms with van der Waals surface area (Å²) in [6, 6.07) is 2.82. The Balaban J connectivity index is 2.76. The molecule has 1 aromatic rings. The number of halogens is 5. The molecule has 1 N–H and O–H groups in total. The Morgan fingerprint density at radius 3 is 2.46 bits per heavy atom. The Bertz CT molecular complexity index is 799. The first kappa shape index (κ1) is 20.5. The van der Waals surface area contributed by atoms with Gasteiger partial charge in [-0.15, -0.1) is 11.6 Å². The van der Waals surface area contributed by atoms with Gasteiger partial charge in [0.15, 0.2) is 11.2 Å². The third kappa shape index (κ3) is 3.54. The van der Waals surface area contributed by atoms with Crippen molar-refractivity contribution in [3.05, 3.63) is 39.8 Å². The smallest absolute Gasteiger partial charge is 0.357 e. The summed E-state index contributed by atoms with van der Waals surface area (Å²) in [5.74, 6) is -1.90. The van der Waals surface area contributed by atoms with Crippen LogP contribution in [0.2, 0.25) is 5.02 Å². The molecular formula is C15H12Cl3F2N3O3. The number of esters is 1. The normalized spacial score (nSPS) is 22.9. The summed E-state index contributed by atoms with van der Waals surface area (Å²) in [6.07, 6.45) is -2.01. The number of hydrogen-bond donors (Lipinski definition) is 1. The first-order valence-electron chi connectivity index (χ1n) is 7.05. The van der Waals surface area contributed by atoms with E-state index in [-0.39, 0.29) is 11.4 Å². The number of aromatic nitrogens is 1. The Morgan fingerprint density at radius 1 is 1.35 bits per heavy atom. The fourth-order valence-electron chi connectivity index (χ4n) is 2.37. The molecule has 0 aliphatic carbocycles. The number of ether oxygens (including phenoxy) is 1. The monoisotopic (exact) mass is 425 g/mol. The van der Waals surface area contributed by atoms with E-state index in [1.165, 1.54) is 18.3 Å². The van der Waals surface area contributed by atoms with Crippen molar-refractivity contribution in [1.82, 2.24) is 10.3 Å². The molecule has 1 aromatic heterocycles. The van der Waals surface area contributed by atoms with Gasteiger partial charge in [0.1, 0.15) is 5.38 Å². The van der Waals surface area contributed by atoms with Crippen LogP contribution in [0.25, 0.3) is 0 Å². The quantitative estimate of drug-likeness (QED) is 0.593. The van der Waals surface area contributed by atoms with Crippen LogP contribution in [0, 0.1) is 0 Å². The van der Waals surface area contributed by atoms with Crippen molar-refractivity contribution in [3.8, 4) is 0 Å². The van der Waals surface area contributed by atoms with Gasteiger partial charge in [0.2, 0.25) is 5.91 Å². The molecule has 26 heavy (non-hydrogen) atoms. The van der Waals surface area contributed by atoms with Crippen LogP contribution < -0.4 is 5.32 Å². The minimum atomic E-state index is -3.26. The molecule has 0 bridgehead atoms. The molecule has 0 fully saturated rings. The molecule has 0 spiro atoms. The number of carbonyl (C=O) groups is 2. The van der Waals surface area contributed by atoms with Crippen molar-refractivity contribution < 1.29 is 23.1 Å². The Labute approximate surface area is 162 Å². The number of pyridine rings is 1. The highest BCUT2D eigenvalue weighted by molar-refractivity contribution is 6.41. The van der Waals surface area contributed by atoms with Crippen LogP contribution in [0.4, 0.5) is 8.78 Å². The van der Waals surface area contributed by atoms with Crippen LogP contribution in [0.5, 0.6) is 0 Å². The lowest BCUT2D eigenvalue weighted by Crippen LogP contribution is -2.63. The van der Waals surface area contributed by atoms with Crippen molar-refractivity contribution >= 4 is 52.4 Å². The molecule has 0 radical (unpaired) electrons. The number of amides is 1. The summed E-state index contributed by atoms with van der Waals surface area (Å²) in [4.78, 5) is 31.5. The summed E-state index contributed by atoms with van der Waals surface area (Å²) in [5.41, 5.74) is -3.30. The topological polar surface area (TPSA) is 80.6 Å². The van der Waals surface area contributed by atoms with E-state index in [0.717, 1.165) is 14.0 Å². The van der Waals surface area contributed by atoms with E-state index in [4.69, 9.17) is 34.8 Å². The second kappa shape index (κ2) is 7.85. The van der Waals surface area contributed by atoms with Crippen LogP contribution in [0.1, 0.15) is 12.6 Å². The van der Waals surface area contributed by atoms with E-state index in [1.807, 2.05) is 0 Å². The predicted molar refractivity (Wildman–Crippen MR) is 92.9 cm³/mol. The lowest BCUT2D eigenvalue weighted by Gasteiger charge is -2.40. The van der Waals surface area contributed by atoms with Crippen molar-refractivity contribution in [2.45, 2.75) is 24.3 Å². The maximum absolute atomic E-state index is 14.1. The zero-order chi connectivity index (χ0) is 19.6. The van der Waals surface area contributed by atoms with E-state index < -0.39 is 39.9 Å². The highest BCUT2D eigenvalue weighted by atomic mass is 35.5. The van der Waals surface area contributed by atoms with Gasteiger partial charge in [-0.25, -0.2) is 18.6 Å². The summed E-state index contributed by atoms with van der Waals surface area (Å²) in [6.45, 7) is 1.02. The molecule has 2 unspecified atom stereocenters. The number of aliphatic imine (C=N–C) groups is 1. The molecule has 6 nitrogen and oxygen atoms in total. The first-order chi connectivity index (χ1) is 12.1. The third-order valence-corrected chi connectivity index (χ3v) is 4.81. The fraction of sp³-hybridized carbons (Fsp3) is 0.333. The number of rotatable bonds is 4. The molecule has 140 valence electrons. The molecule has 11 heteroatoms. The van der Waals surface area contributed by atoms with Crippen LogP contribution in [0.3, 0.4) is 0 Å². The van der Waals surface area contributed by atoms with E-state index in [0.29, 0.717) is 5.02 Å². The number of nitrogens with one attached hydrogen (secondary N) is 1. The van der Waals surface area contributed by atoms with Crippen LogP contribution in [0.15, 0.2) is 34.1 Å². The largest absolute Gasteiger partial charge is 0.464 e. The summed E-state index contributed by atoms with van der Waals surface area (Å²) >= 11 is 18.1. The Morgan fingerprint density at radius 2 is 2.00 bits per heavy atom. The maximum atomic E-state index is 14.1. The minimum Gasteiger partial charge on any atom is -0.464 e. The van der Waals surface area contributed by atoms with Gasteiger partial charge in [-0.2, -0.15) is 0 Å². The van der Waals surface area contributed by atoms with Crippen molar-refractivity contribution in [1.29, 1.82) is 0 Å². The second-order valence-electron chi connectivity index (χ2n) is 5.23. The van der Waals surface area contributed by atoms with Crippen LogP contribution in [-0.2, 0) is 14.3 Å². The number of alkyl halides is 3. The average Bonchev–Trinajstić information content (AvgIpc) is 2.58. The fourth-order valence-corrected chi connectivity index (χ4v) is 3.31. The van der Waals surface area contributed by atoms with Gasteiger partial charge in [0.25, 0.3) is 6.43 Å². The molecule has 1 amide bonds. The van der Waals surface area contributed by atoms with Crippen molar-refractivity contribution in [2.75, 3.05) is 7.11 Å². The van der Waals surface area contributed by atoms with E-state index in [1.54, 1.807) is 0 Å². The maximum Gasteiger partial charge on any atom is 0.357 e. The molecule has 2 rings (SSSR count). The number of carbonyl (C=O) groups excluding carboxylic acids is 2. The molecule has 2 atom stereocenters. The Hall–Kier alpha value is -1.77. The molecule has 0 saturated carbocycles. The molecule has 2 heterocycles. The zero-order valence-corrected chi connectivity index (χ0v) is 15.7. The summed E-state index contributed by atoms with van der Waals surface area (Å²) < 4.78 is 32.7. The van der Waals surface area contributed by atoms with E-state index >= 15 is 0 Å². The van der Waals surface area contributed by atoms with Gasteiger partial charge in [-0.05, 0) is 12.1 Å². The highest BCUT2D eigenvalue weighted by Crippen LogP contribution is 2.41. The molecule has 0 aromatic carbocycles. The van der Waals surface area contributed by atoms with E-state index in [2.05, 4.69) is 20.0 Å². The summed E-state index contributed by atoms with van der Waals surface area (Å²) in [7, 11) is 1.03. The minimum absolute atomic E-state index is 0.0790. The van der Waals surface area contributed by atoms with Gasteiger partial charge < -0.3 is 10.1 Å². The van der Waals surface area contributed by atoms with Crippen molar-refractivity contribution in [3.63, 3.8) is 0 Å². The third-order valence-electron chi connectivity index (χ3n) is 3.54. The van der Waals surface area contributed by atoms with E-state index in [9.17, 15) is 18.4 Å². The number of methoxy groups -OCH3 is 1. The lowest BCUT2D eigenvalue weighted by atomic mass is 9.86. The average molecular weight is 427 g/mol. The van der Waals surface area contributed by atoms with Gasteiger partial charge in [0, 0.05) is 13.1 Å². The number of hydrogen-bond acceptors (Lipinski definition) is 5. The highest BCUT2D eigenvalue weighted by Gasteiger charge is 2.56. The van der Waals surface area contributed by atoms with Gasteiger partial charge in [-0.1, -0.05) is 23.2 Å². The second-order valence-corrected chi connectivity index (χ2v) is 6.48. The first-order valence-corrected chi connectivity index (χ1v) is 8.24. The predicted octanol–water partition coefficient (Wildman–Crippen LogP) is 2.91. The van der Waals surface area contributed by atoms with Crippen molar-refractivity contribution in [2.24, 2.45) is 4.99 Å². The van der Waals surface area contributed by atoms with Crippen LogP contribution in [-0.4, -0.2) is 47.0 Å². The van der Waals surface area contributed by atoms with Crippen LogP contribution >= 0.6 is 34.8 Å². The molecular weight excluding hydrogens is 415 g/mol. The standard InChI is InChI=1S/C15H12Cl3F2N3O3/c1-6(24)23-15(14(19)20)11(17)9(8-4-3-7(16)5-21-8)22-10(12(15)18)13(25)26-2/h3-5,11,14H,1-2H3,(H,23,24). The zero-order valence-electron chi connectivity index (χ0n) is 13.4. The lowest BCUT2D eigenvalue weighted by molar-refractivity contribution is -0.136. The Kier molecular flexibility index (Phi) is 6.21. The van der Waals surface area contributed by atoms with Gasteiger partial charge >= 0.3 is 5.97 Å². The molecule has 0 saturated heterocycles.